The largest absolute Gasteiger partial charge is 0.277 e. The molecule has 2 heterocycles. The van der Waals surface area contributed by atoms with Crippen molar-refractivity contribution >= 4 is 21.5 Å². The summed E-state index contributed by atoms with van der Waals surface area (Å²) in [5.41, 5.74) is 1.63. The summed E-state index contributed by atoms with van der Waals surface area (Å²) < 4.78 is 2.09. The Balaban J connectivity index is 1.65. The fraction of sp³-hybridized carbons (Fsp3) is 0.185. The van der Waals surface area contributed by atoms with Gasteiger partial charge >= 0.3 is 0 Å². The fourth-order valence-corrected chi connectivity index (χ4v) is 4.49. The van der Waals surface area contributed by atoms with Gasteiger partial charge in [-0.1, -0.05) is 55.8 Å². The molecule has 2 aromatic heterocycles. The molecule has 0 bridgehead atoms. The first-order valence-electron chi connectivity index (χ1n) is 10.7. The van der Waals surface area contributed by atoms with Crippen LogP contribution in [0.3, 0.4) is 0 Å². The molecule has 164 valence electrons. The number of nitrogens with zero attached hydrogens (tertiary/aromatic N) is 2. The van der Waals surface area contributed by atoms with Gasteiger partial charge in [-0.25, -0.2) is 4.57 Å². The van der Waals surface area contributed by atoms with Crippen LogP contribution in [0.5, 0.6) is 0 Å². The summed E-state index contributed by atoms with van der Waals surface area (Å²) in [7, 11) is 1.38. The van der Waals surface area contributed by atoms with E-state index in [0.29, 0.717) is 5.69 Å². The second-order valence-corrected chi connectivity index (χ2v) is 9.10. The zero-order valence-corrected chi connectivity index (χ0v) is 18.8. The number of rotatable bonds is 3. The lowest BCUT2D eigenvalue weighted by Crippen LogP contribution is -2.24. The van der Waals surface area contributed by atoms with E-state index in [0.717, 1.165) is 20.3 Å². The monoisotopic (exact) mass is 438 g/mol. The van der Waals surface area contributed by atoms with Gasteiger partial charge in [-0.05, 0) is 42.3 Å². The molecule has 0 saturated carbocycles. The number of hydrogen-bond donors (Lipinski definition) is 0. The number of benzene rings is 3. The van der Waals surface area contributed by atoms with Gasteiger partial charge in [-0.3, -0.25) is 23.7 Å². The summed E-state index contributed by atoms with van der Waals surface area (Å²) >= 11 is 0. The quantitative estimate of drug-likeness (QED) is 0.434. The van der Waals surface area contributed by atoms with E-state index in [2.05, 4.69) is 38.1 Å². The predicted molar refractivity (Wildman–Crippen MR) is 131 cm³/mol. The number of aromatic nitrogens is 2. The average Bonchev–Trinajstić information content (AvgIpc) is 3.17. The van der Waals surface area contributed by atoms with Gasteiger partial charge in [0, 0.05) is 12.5 Å². The molecule has 0 amide bonds. The van der Waals surface area contributed by atoms with Crippen molar-refractivity contribution < 1.29 is 0 Å². The maximum atomic E-state index is 13.1. The fourth-order valence-electron chi connectivity index (χ4n) is 4.49. The molecule has 3 aromatic carbocycles. The molecule has 6 nitrogen and oxygen atoms in total. The smallest absolute Gasteiger partial charge is 0.266 e. The summed E-state index contributed by atoms with van der Waals surface area (Å²) in [6.07, 6.45) is 0. The summed E-state index contributed by atoms with van der Waals surface area (Å²) in [4.78, 5) is 50.8. The van der Waals surface area contributed by atoms with Gasteiger partial charge in [0.1, 0.15) is 0 Å². The molecule has 5 aromatic rings. The minimum Gasteiger partial charge on any atom is -0.277 e. The van der Waals surface area contributed by atoms with Gasteiger partial charge in [0.15, 0.2) is 0 Å². The van der Waals surface area contributed by atoms with Crippen LogP contribution in [0.2, 0.25) is 0 Å². The average molecular weight is 438 g/mol. The first kappa shape index (κ1) is 20.8. The van der Waals surface area contributed by atoms with Crippen molar-refractivity contribution in [1.29, 1.82) is 0 Å². The maximum absolute atomic E-state index is 13.1. The maximum Gasteiger partial charge on any atom is 0.266 e. The Morgan fingerprint density at radius 3 is 1.45 bits per heavy atom. The van der Waals surface area contributed by atoms with E-state index in [1.54, 1.807) is 12.1 Å². The van der Waals surface area contributed by atoms with Crippen LogP contribution in [0, 0.1) is 6.92 Å². The van der Waals surface area contributed by atoms with E-state index in [-0.39, 0.29) is 27.0 Å². The Hall–Kier alpha value is -4.06. The summed E-state index contributed by atoms with van der Waals surface area (Å²) in [5, 5.41) is 0.581. The van der Waals surface area contributed by atoms with Crippen LogP contribution in [0.4, 0.5) is 0 Å². The number of aryl methyl sites for hydroxylation is 1. The van der Waals surface area contributed by atoms with Crippen molar-refractivity contribution in [2.75, 3.05) is 0 Å². The Labute approximate surface area is 188 Å². The van der Waals surface area contributed by atoms with Crippen molar-refractivity contribution in [3.8, 4) is 5.69 Å². The molecule has 0 aliphatic heterocycles. The molecule has 0 N–H and O–H groups in total. The minimum atomic E-state index is -0.502. The summed E-state index contributed by atoms with van der Waals surface area (Å²) in [6, 6.07) is 18.4. The minimum absolute atomic E-state index is 0.138. The first-order chi connectivity index (χ1) is 15.6. The molecule has 0 unspecified atom stereocenters. The molecule has 0 atom stereocenters. The molecular formula is C27H22N2O4. The van der Waals surface area contributed by atoms with Crippen LogP contribution in [0.15, 0.2) is 79.8 Å². The van der Waals surface area contributed by atoms with E-state index >= 15 is 0 Å². The van der Waals surface area contributed by atoms with E-state index in [1.165, 1.54) is 24.7 Å². The van der Waals surface area contributed by atoms with Gasteiger partial charge in [-0.2, -0.15) is 0 Å². The van der Waals surface area contributed by atoms with Gasteiger partial charge in [0.25, 0.3) is 22.2 Å². The van der Waals surface area contributed by atoms with Gasteiger partial charge in [-0.15, -0.1) is 0 Å². The predicted octanol–water partition coefficient (Wildman–Crippen LogP) is 3.07. The third kappa shape index (κ3) is 2.94. The van der Waals surface area contributed by atoms with Gasteiger partial charge in [0.2, 0.25) is 0 Å². The third-order valence-corrected chi connectivity index (χ3v) is 6.72. The Morgan fingerprint density at radius 1 is 0.606 bits per heavy atom. The SMILES string of the molecule is Cc1ccc(C(C)(C)c2ccc(-n3c(=O)c4cc5c(=O)n(C)c(=O)c5cc4c3=O)cc2)cc1. The molecule has 0 fully saturated rings. The number of hydrogen-bond acceptors (Lipinski definition) is 4. The third-order valence-electron chi connectivity index (χ3n) is 6.72. The van der Waals surface area contributed by atoms with Crippen molar-refractivity contribution in [3.63, 3.8) is 0 Å². The van der Waals surface area contributed by atoms with Crippen LogP contribution >= 0.6 is 0 Å². The summed E-state index contributed by atoms with van der Waals surface area (Å²) in [5.74, 6) is 0. The normalized spacial score (nSPS) is 12.1. The molecule has 0 radical (unpaired) electrons. The van der Waals surface area contributed by atoms with E-state index < -0.39 is 22.2 Å². The van der Waals surface area contributed by atoms with Crippen LogP contribution in [0.25, 0.3) is 27.2 Å². The highest BCUT2D eigenvalue weighted by Gasteiger charge is 2.24. The van der Waals surface area contributed by atoms with E-state index in [1.807, 2.05) is 19.1 Å². The van der Waals surface area contributed by atoms with Gasteiger partial charge in [0.05, 0.1) is 27.2 Å². The Bertz CT molecular complexity index is 1680. The lowest BCUT2D eigenvalue weighted by Gasteiger charge is -2.26. The Morgan fingerprint density at radius 2 is 1.00 bits per heavy atom. The molecule has 33 heavy (non-hydrogen) atoms. The highest BCUT2D eigenvalue weighted by atomic mass is 16.2. The molecule has 0 aliphatic carbocycles. The molecule has 5 rings (SSSR count). The molecule has 0 saturated heterocycles. The molecule has 0 spiro atoms. The zero-order chi connectivity index (χ0) is 23.7. The summed E-state index contributed by atoms with van der Waals surface area (Å²) in [6.45, 7) is 6.30. The molecule has 6 heteroatoms. The van der Waals surface area contributed by atoms with Crippen molar-refractivity contribution in [1.82, 2.24) is 9.13 Å². The van der Waals surface area contributed by atoms with Crippen LogP contribution in [-0.2, 0) is 12.5 Å². The van der Waals surface area contributed by atoms with Crippen LogP contribution < -0.4 is 22.2 Å². The molecular weight excluding hydrogens is 416 g/mol. The topological polar surface area (TPSA) is 78.1 Å². The highest BCUT2D eigenvalue weighted by Crippen LogP contribution is 2.32. The first-order valence-corrected chi connectivity index (χ1v) is 10.7. The number of fused-ring (bicyclic) bond motifs is 2. The van der Waals surface area contributed by atoms with Crippen LogP contribution in [0.1, 0.15) is 30.5 Å². The van der Waals surface area contributed by atoms with Crippen molar-refractivity contribution in [2.24, 2.45) is 7.05 Å². The molecule has 0 aliphatic rings. The lowest BCUT2D eigenvalue weighted by molar-refractivity contribution is 0.640. The lowest BCUT2D eigenvalue weighted by atomic mass is 9.78. The van der Waals surface area contributed by atoms with Crippen molar-refractivity contribution in [3.05, 3.63) is 119 Å². The second-order valence-electron chi connectivity index (χ2n) is 9.10. The highest BCUT2D eigenvalue weighted by molar-refractivity contribution is 5.98. The Kier molecular flexibility index (Phi) is 4.40. The van der Waals surface area contributed by atoms with Crippen molar-refractivity contribution in [2.45, 2.75) is 26.2 Å². The zero-order valence-electron chi connectivity index (χ0n) is 18.8. The standard InChI is InChI=1S/C27H22N2O4/c1-15-5-7-16(8-6-15)27(2,3)17-9-11-18(12-10-17)29-25(32)21-13-19-20(14-22(21)26(29)33)24(31)28(4)23(19)30/h5-14H,1-4H3. The second kappa shape index (κ2) is 6.97. The van der Waals surface area contributed by atoms with Crippen LogP contribution in [-0.4, -0.2) is 9.13 Å². The van der Waals surface area contributed by atoms with Gasteiger partial charge < -0.3 is 0 Å². The van der Waals surface area contributed by atoms with E-state index in [4.69, 9.17) is 0 Å². The van der Waals surface area contributed by atoms with E-state index in [9.17, 15) is 19.2 Å².